The van der Waals surface area contributed by atoms with Crippen molar-refractivity contribution in [2.24, 2.45) is 0 Å². The van der Waals surface area contributed by atoms with E-state index in [1.165, 1.54) is 6.07 Å². The summed E-state index contributed by atoms with van der Waals surface area (Å²) < 4.78 is 38.1. The molecule has 18 heavy (non-hydrogen) atoms. The lowest BCUT2D eigenvalue weighted by molar-refractivity contribution is -0.136. The molecule has 1 aromatic rings. The quantitative estimate of drug-likeness (QED) is 0.716. The highest BCUT2D eigenvalue weighted by molar-refractivity contribution is 5.90. The van der Waals surface area contributed by atoms with Crippen LogP contribution in [0.15, 0.2) is 18.2 Å². The first-order valence-electron chi connectivity index (χ1n) is 5.24. The van der Waals surface area contributed by atoms with Crippen LogP contribution in [0, 0.1) is 0 Å². The Balaban J connectivity index is 2.99. The molecule has 0 fully saturated rings. The molecule has 0 bridgehead atoms. The molecule has 0 spiro atoms. The first kappa shape index (κ1) is 14.1. The van der Waals surface area contributed by atoms with Crippen molar-refractivity contribution in [1.29, 1.82) is 0 Å². The lowest BCUT2D eigenvalue weighted by Crippen LogP contribution is -2.34. The zero-order valence-electron chi connectivity index (χ0n) is 9.93. The van der Waals surface area contributed by atoms with Gasteiger partial charge in [0.15, 0.2) is 0 Å². The van der Waals surface area contributed by atoms with Gasteiger partial charge in [0.25, 0.3) is 0 Å². The smallest absolute Gasteiger partial charge is 0.399 e. The Morgan fingerprint density at radius 2 is 1.94 bits per heavy atom. The summed E-state index contributed by atoms with van der Waals surface area (Å²) in [5, 5.41) is 4.59. The third-order valence-corrected chi connectivity index (χ3v) is 2.02. The van der Waals surface area contributed by atoms with Crippen LogP contribution in [0.3, 0.4) is 0 Å². The summed E-state index contributed by atoms with van der Waals surface area (Å²) in [6, 6.07) is 2.33. The van der Waals surface area contributed by atoms with Gasteiger partial charge < -0.3 is 16.4 Å². The van der Waals surface area contributed by atoms with Crippen LogP contribution in [0.2, 0.25) is 0 Å². The van der Waals surface area contributed by atoms with Crippen LogP contribution in [-0.2, 0) is 6.18 Å². The van der Waals surface area contributed by atoms with E-state index >= 15 is 0 Å². The van der Waals surface area contributed by atoms with E-state index in [9.17, 15) is 18.0 Å². The monoisotopic (exact) mass is 261 g/mol. The molecule has 1 aromatic carbocycles. The van der Waals surface area contributed by atoms with E-state index < -0.39 is 17.8 Å². The Labute approximate surface area is 102 Å². The number of rotatable bonds is 2. The maximum atomic E-state index is 12.7. The maximum Gasteiger partial charge on any atom is 0.418 e. The summed E-state index contributed by atoms with van der Waals surface area (Å²) in [7, 11) is 0. The number of alkyl halides is 3. The predicted molar refractivity (Wildman–Crippen MR) is 63.1 cm³/mol. The Bertz CT molecular complexity index is 444. The summed E-state index contributed by atoms with van der Waals surface area (Å²) in [6.45, 7) is 3.40. The minimum Gasteiger partial charge on any atom is -0.399 e. The number of nitrogens with two attached hydrogens (primary N) is 1. The number of carbonyl (C=O) groups excluding carboxylic acids is 1. The molecule has 0 unspecified atom stereocenters. The van der Waals surface area contributed by atoms with Gasteiger partial charge in [-0.05, 0) is 32.0 Å². The minimum atomic E-state index is -4.57. The molecule has 0 aliphatic carbocycles. The summed E-state index contributed by atoms with van der Waals surface area (Å²) in [5.74, 6) is 0. The molecule has 2 amide bonds. The second-order valence-electron chi connectivity index (χ2n) is 4.06. The Kier molecular flexibility index (Phi) is 4.05. The number of nitrogen functional groups attached to an aromatic ring is 1. The van der Waals surface area contributed by atoms with Gasteiger partial charge >= 0.3 is 12.2 Å². The van der Waals surface area contributed by atoms with E-state index in [4.69, 9.17) is 5.73 Å². The molecule has 0 saturated carbocycles. The van der Waals surface area contributed by atoms with E-state index in [0.717, 1.165) is 12.1 Å². The van der Waals surface area contributed by atoms with E-state index in [-0.39, 0.29) is 17.4 Å². The highest BCUT2D eigenvalue weighted by atomic mass is 19.4. The van der Waals surface area contributed by atoms with E-state index in [1.54, 1.807) is 13.8 Å². The topological polar surface area (TPSA) is 67.2 Å². The summed E-state index contributed by atoms with van der Waals surface area (Å²) in [6.07, 6.45) is -4.57. The van der Waals surface area contributed by atoms with Gasteiger partial charge in [-0.25, -0.2) is 4.79 Å². The average Bonchev–Trinajstić information content (AvgIpc) is 2.17. The molecule has 7 heteroatoms. The highest BCUT2D eigenvalue weighted by Crippen LogP contribution is 2.35. The molecule has 1 rings (SSSR count). The third-order valence-electron chi connectivity index (χ3n) is 2.02. The molecule has 100 valence electrons. The van der Waals surface area contributed by atoms with Crippen molar-refractivity contribution in [2.75, 3.05) is 11.1 Å². The number of urea groups is 1. The molecular weight excluding hydrogens is 247 g/mol. The number of carbonyl (C=O) groups is 1. The highest BCUT2D eigenvalue weighted by Gasteiger charge is 2.34. The lowest BCUT2D eigenvalue weighted by Gasteiger charge is -2.15. The predicted octanol–water partition coefficient (Wildman–Crippen LogP) is 2.82. The molecule has 0 aromatic heterocycles. The van der Waals surface area contributed by atoms with E-state index in [2.05, 4.69) is 10.6 Å². The van der Waals surface area contributed by atoms with Crippen molar-refractivity contribution in [1.82, 2.24) is 5.32 Å². The standard InChI is InChI=1S/C11H14F3N3O/c1-6(2)16-10(18)17-9-4-3-7(15)5-8(9)11(12,13)14/h3-6H,15H2,1-2H3,(H2,16,17,18). The van der Waals surface area contributed by atoms with Gasteiger partial charge in [0, 0.05) is 11.7 Å². The van der Waals surface area contributed by atoms with Gasteiger partial charge in [-0.2, -0.15) is 13.2 Å². The summed E-state index contributed by atoms with van der Waals surface area (Å²) >= 11 is 0. The van der Waals surface area contributed by atoms with Crippen molar-refractivity contribution in [3.05, 3.63) is 23.8 Å². The van der Waals surface area contributed by atoms with Crippen molar-refractivity contribution in [2.45, 2.75) is 26.1 Å². The molecular formula is C11H14F3N3O. The molecule has 0 radical (unpaired) electrons. The van der Waals surface area contributed by atoms with E-state index in [0.29, 0.717) is 0 Å². The fraction of sp³-hybridized carbons (Fsp3) is 0.364. The van der Waals surface area contributed by atoms with Gasteiger partial charge in [0.1, 0.15) is 0 Å². The largest absolute Gasteiger partial charge is 0.418 e. The number of benzene rings is 1. The Morgan fingerprint density at radius 3 is 2.44 bits per heavy atom. The van der Waals surface area contributed by atoms with Gasteiger partial charge in [0.05, 0.1) is 11.3 Å². The molecule has 0 atom stereocenters. The van der Waals surface area contributed by atoms with Crippen molar-refractivity contribution in [3.63, 3.8) is 0 Å². The fourth-order valence-corrected chi connectivity index (χ4v) is 1.33. The van der Waals surface area contributed by atoms with Crippen LogP contribution in [-0.4, -0.2) is 12.1 Å². The first-order valence-corrected chi connectivity index (χ1v) is 5.24. The van der Waals surface area contributed by atoms with E-state index in [1.807, 2.05) is 0 Å². The van der Waals surface area contributed by atoms with Crippen LogP contribution in [0.25, 0.3) is 0 Å². The maximum absolute atomic E-state index is 12.7. The summed E-state index contributed by atoms with van der Waals surface area (Å²) in [5.41, 5.74) is 4.00. The van der Waals surface area contributed by atoms with Crippen LogP contribution in [0.4, 0.5) is 29.3 Å². The SMILES string of the molecule is CC(C)NC(=O)Nc1ccc(N)cc1C(F)(F)F. The van der Waals surface area contributed by atoms with Crippen molar-refractivity contribution >= 4 is 17.4 Å². The molecule has 0 aliphatic heterocycles. The van der Waals surface area contributed by atoms with Crippen LogP contribution in [0.5, 0.6) is 0 Å². The zero-order valence-corrected chi connectivity index (χ0v) is 9.93. The van der Waals surface area contributed by atoms with Crippen LogP contribution in [0.1, 0.15) is 19.4 Å². The normalized spacial score (nSPS) is 11.4. The fourth-order valence-electron chi connectivity index (χ4n) is 1.33. The number of amides is 2. The molecule has 4 N–H and O–H groups in total. The Hall–Kier alpha value is -1.92. The van der Waals surface area contributed by atoms with Crippen molar-refractivity contribution in [3.8, 4) is 0 Å². The molecule has 4 nitrogen and oxygen atoms in total. The molecule has 0 aliphatic rings. The average molecular weight is 261 g/mol. The number of nitrogens with one attached hydrogen (secondary N) is 2. The van der Waals surface area contributed by atoms with Crippen LogP contribution < -0.4 is 16.4 Å². The first-order chi connectivity index (χ1) is 8.20. The Morgan fingerprint density at radius 1 is 1.33 bits per heavy atom. The third kappa shape index (κ3) is 3.83. The van der Waals surface area contributed by atoms with Gasteiger partial charge in [0.2, 0.25) is 0 Å². The molecule has 0 saturated heterocycles. The summed E-state index contributed by atoms with van der Waals surface area (Å²) in [4.78, 5) is 11.4. The van der Waals surface area contributed by atoms with Gasteiger partial charge in [-0.1, -0.05) is 0 Å². The molecule has 0 heterocycles. The second kappa shape index (κ2) is 5.16. The number of hydrogen-bond acceptors (Lipinski definition) is 2. The van der Waals surface area contributed by atoms with Gasteiger partial charge in [-0.3, -0.25) is 0 Å². The van der Waals surface area contributed by atoms with Crippen molar-refractivity contribution < 1.29 is 18.0 Å². The van der Waals surface area contributed by atoms with Crippen LogP contribution >= 0.6 is 0 Å². The number of halogens is 3. The second-order valence-corrected chi connectivity index (χ2v) is 4.06. The number of anilines is 2. The lowest BCUT2D eigenvalue weighted by atomic mass is 10.1. The number of hydrogen-bond donors (Lipinski definition) is 3. The van der Waals surface area contributed by atoms with Gasteiger partial charge in [-0.15, -0.1) is 0 Å². The zero-order chi connectivity index (χ0) is 13.9. The minimum absolute atomic E-state index is 0.0165.